The average molecular weight is 656 g/mol. The van der Waals surface area contributed by atoms with Gasteiger partial charge in [0.15, 0.2) is 0 Å². The number of anilines is 3. The third-order valence-electron chi connectivity index (χ3n) is 8.86. The summed E-state index contributed by atoms with van der Waals surface area (Å²) < 4.78 is 33.8. The molecule has 0 aliphatic carbocycles. The van der Waals surface area contributed by atoms with Crippen molar-refractivity contribution in [2.24, 2.45) is 10.7 Å². The fourth-order valence-electron chi connectivity index (χ4n) is 6.23. The Hall–Kier alpha value is -5.07. The van der Waals surface area contributed by atoms with E-state index in [1.54, 1.807) is 24.3 Å². The minimum Gasteiger partial charge on any atom is -0.398 e. The molecule has 6 rings (SSSR count). The number of nitrogen functional groups attached to an aromatic ring is 1. The van der Waals surface area contributed by atoms with Crippen LogP contribution in [0.3, 0.4) is 0 Å². The molecule has 3 heterocycles. The molecule has 2 saturated heterocycles. The Labute approximate surface area is 277 Å². The number of amidine groups is 1. The number of carbonyl (C=O) groups is 1. The van der Waals surface area contributed by atoms with Gasteiger partial charge in [-0.2, -0.15) is 4.99 Å². The lowest BCUT2D eigenvalue weighted by atomic mass is 9.92. The minimum absolute atomic E-state index is 0.0955. The van der Waals surface area contributed by atoms with Gasteiger partial charge in [-0.15, -0.1) is 0 Å². The summed E-state index contributed by atoms with van der Waals surface area (Å²) >= 11 is 0. The molecule has 6 N–H and O–H groups in total. The van der Waals surface area contributed by atoms with Gasteiger partial charge < -0.3 is 36.3 Å². The monoisotopic (exact) mass is 655 g/mol. The number of aromatic nitrogens is 1. The molecule has 10 nitrogen and oxygen atoms in total. The van der Waals surface area contributed by atoms with Gasteiger partial charge in [0, 0.05) is 86.4 Å². The summed E-state index contributed by atoms with van der Waals surface area (Å²) in [6.45, 7) is 4.93. The quantitative estimate of drug-likeness (QED) is 0.125. The van der Waals surface area contributed by atoms with Crippen molar-refractivity contribution in [2.75, 3.05) is 62.4 Å². The molecule has 0 spiro atoms. The van der Waals surface area contributed by atoms with Crippen molar-refractivity contribution in [1.29, 1.82) is 0 Å². The molecule has 2 aliphatic rings. The standard InChI is InChI=1S/C36H39F2N7O3/c1-44-8-10-45(11-9-44)28-2-3-29(33(20-28)42-27-5-12-48-13-6-27)36(47)43-35(40)31-17-24(14-22-15-25(37)19-26(38)16-22)30(21-32(31)39)23-4-7-41-34(46)18-23/h2-4,7,15-21,27,42H,5-6,8-14,39H2,1H3,(H,41,46)(H2,40,43,47). The van der Waals surface area contributed by atoms with E-state index in [-0.39, 0.29) is 35.1 Å². The molecular formula is C36H39F2N7O3. The Kier molecular flexibility index (Phi) is 9.83. The second-order valence-corrected chi connectivity index (χ2v) is 12.3. The van der Waals surface area contributed by atoms with Crippen molar-refractivity contribution >= 4 is 28.8 Å². The Bertz CT molecular complexity index is 1880. The van der Waals surface area contributed by atoms with Crippen LogP contribution in [0.25, 0.3) is 11.1 Å². The van der Waals surface area contributed by atoms with Gasteiger partial charge in [-0.25, -0.2) is 8.78 Å². The van der Waals surface area contributed by atoms with Crippen LogP contribution in [0.1, 0.15) is 39.9 Å². The molecule has 0 radical (unpaired) electrons. The van der Waals surface area contributed by atoms with Crippen LogP contribution in [-0.2, 0) is 11.2 Å². The molecule has 3 aromatic carbocycles. The number of amides is 1. The highest BCUT2D eigenvalue weighted by Crippen LogP contribution is 2.31. The highest BCUT2D eigenvalue weighted by atomic mass is 19.1. The lowest BCUT2D eigenvalue weighted by Crippen LogP contribution is -2.44. The maximum Gasteiger partial charge on any atom is 0.281 e. The van der Waals surface area contributed by atoms with E-state index < -0.39 is 17.5 Å². The van der Waals surface area contributed by atoms with E-state index in [9.17, 15) is 18.4 Å². The molecule has 12 heteroatoms. The largest absolute Gasteiger partial charge is 0.398 e. The maximum atomic E-state index is 14.1. The first kappa shape index (κ1) is 32.9. The molecule has 0 atom stereocenters. The van der Waals surface area contributed by atoms with Gasteiger partial charge in [0.1, 0.15) is 17.5 Å². The van der Waals surface area contributed by atoms with Crippen LogP contribution in [0, 0.1) is 11.6 Å². The summed E-state index contributed by atoms with van der Waals surface area (Å²) in [6, 6.07) is 15.5. The molecule has 48 heavy (non-hydrogen) atoms. The number of nitrogens with one attached hydrogen (secondary N) is 2. The van der Waals surface area contributed by atoms with Crippen molar-refractivity contribution in [2.45, 2.75) is 25.3 Å². The molecule has 0 saturated carbocycles. The number of halogens is 2. The number of hydrogen-bond acceptors (Lipinski definition) is 7. The topological polar surface area (TPSA) is 142 Å². The lowest BCUT2D eigenvalue weighted by Gasteiger charge is -2.34. The Balaban J connectivity index is 1.36. The first-order valence-corrected chi connectivity index (χ1v) is 16.0. The zero-order valence-electron chi connectivity index (χ0n) is 26.8. The highest BCUT2D eigenvalue weighted by Gasteiger charge is 2.22. The van der Waals surface area contributed by atoms with Gasteiger partial charge in [-0.1, -0.05) is 0 Å². The second kappa shape index (κ2) is 14.4. The number of benzene rings is 3. The van der Waals surface area contributed by atoms with E-state index >= 15 is 0 Å². The third-order valence-corrected chi connectivity index (χ3v) is 8.86. The number of piperazine rings is 1. The van der Waals surface area contributed by atoms with Gasteiger partial charge in [0.25, 0.3) is 5.91 Å². The van der Waals surface area contributed by atoms with E-state index in [4.69, 9.17) is 16.2 Å². The summed E-state index contributed by atoms with van der Waals surface area (Å²) in [5.41, 5.74) is 17.3. The first-order valence-electron chi connectivity index (χ1n) is 16.0. The smallest absolute Gasteiger partial charge is 0.281 e. The molecule has 2 aliphatic heterocycles. The first-order chi connectivity index (χ1) is 23.1. The second-order valence-electron chi connectivity index (χ2n) is 12.3. The van der Waals surface area contributed by atoms with Crippen LogP contribution < -0.4 is 27.2 Å². The van der Waals surface area contributed by atoms with Crippen LogP contribution in [0.2, 0.25) is 0 Å². The molecule has 250 valence electrons. The molecular weight excluding hydrogens is 616 g/mol. The predicted molar refractivity (Wildman–Crippen MR) is 185 cm³/mol. The van der Waals surface area contributed by atoms with Crippen LogP contribution in [0.15, 0.2) is 76.6 Å². The number of carbonyl (C=O) groups excluding carboxylic acids is 1. The van der Waals surface area contributed by atoms with Gasteiger partial charge in [0.05, 0.1) is 5.56 Å². The summed E-state index contributed by atoms with van der Waals surface area (Å²) in [5.74, 6) is -2.08. The van der Waals surface area contributed by atoms with Crippen molar-refractivity contribution in [3.05, 3.63) is 111 Å². The average Bonchev–Trinajstić information content (AvgIpc) is 3.05. The minimum atomic E-state index is -0.714. The Morgan fingerprint density at radius 1 is 0.979 bits per heavy atom. The molecule has 2 fully saturated rings. The van der Waals surface area contributed by atoms with E-state index in [1.165, 1.54) is 24.4 Å². The molecule has 0 bridgehead atoms. The van der Waals surface area contributed by atoms with E-state index in [0.717, 1.165) is 50.8 Å². The molecule has 0 unspecified atom stereocenters. The molecule has 4 aromatic rings. The van der Waals surface area contributed by atoms with Gasteiger partial charge in [0.2, 0.25) is 5.56 Å². The van der Waals surface area contributed by atoms with Gasteiger partial charge in [-0.3, -0.25) is 9.59 Å². The van der Waals surface area contributed by atoms with Crippen LogP contribution >= 0.6 is 0 Å². The van der Waals surface area contributed by atoms with Crippen LogP contribution in [0.4, 0.5) is 25.8 Å². The summed E-state index contributed by atoms with van der Waals surface area (Å²) in [4.78, 5) is 37.4. The highest BCUT2D eigenvalue weighted by molar-refractivity contribution is 6.13. The Morgan fingerprint density at radius 2 is 1.71 bits per heavy atom. The maximum absolute atomic E-state index is 14.1. The fraction of sp³-hybridized carbons (Fsp3) is 0.306. The lowest BCUT2D eigenvalue weighted by molar-refractivity contribution is 0.0904. The number of rotatable bonds is 8. The van der Waals surface area contributed by atoms with Crippen LogP contribution in [0.5, 0.6) is 0 Å². The number of pyridine rings is 1. The summed E-state index contributed by atoms with van der Waals surface area (Å²) in [7, 11) is 2.10. The summed E-state index contributed by atoms with van der Waals surface area (Å²) in [6.07, 6.45) is 3.22. The van der Waals surface area contributed by atoms with E-state index in [1.807, 2.05) is 12.1 Å². The molecule has 1 amide bonds. The van der Waals surface area contributed by atoms with E-state index in [0.29, 0.717) is 46.7 Å². The van der Waals surface area contributed by atoms with Crippen molar-refractivity contribution in [3.63, 3.8) is 0 Å². The number of likely N-dealkylation sites (N-methyl/N-ethyl adjacent to an activating group) is 1. The number of aliphatic imine (C=N–C) groups is 1. The number of nitrogens with zero attached hydrogens (tertiary/aromatic N) is 3. The SMILES string of the molecule is CN1CCN(c2ccc(C(=O)N=C(N)c3cc(Cc4cc(F)cc(F)c4)c(-c4cc[nH]c(=O)c4)cc3N)c(NC3CCOCC3)c2)CC1. The zero-order chi connectivity index (χ0) is 33.8. The number of hydrogen-bond donors (Lipinski definition) is 4. The van der Waals surface area contributed by atoms with Gasteiger partial charge >= 0.3 is 0 Å². The van der Waals surface area contributed by atoms with Crippen LogP contribution in [-0.4, -0.2) is 74.1 Å². The van der Waals surface area contributed by atoms with Crippen molar-refractivity contribution in [3.8, 4) is 11.1 Å². The number of aromatic amines is 1. The Morgan fingerprint density at radius 3 is 2.42 bits per heavy atom. The third kappa shape index (κ3) is 7.72. The summed E-state index contributed by atoms with van der Waals surface area (Å²) in [5, 5.41) is 3.56. The fourth-order valence-corrected chi connectivity index (χ4v) is 6.23. The number of H-pyrrole nitrogens is 1. The predicted octanol–water partition coefficient (Wildman–Crippen LogP) is 4.38. The van der Waals surface area contributed by atoms with Gasteiger partial charge in [-0.05, 0) is 97.1 Å². The van der Waals surface area contributed by atoms with Crippen molar-refractivity contribution < 1.29 is 18.3 Å². The van der Waals surface area contributed by atoms with E-state index in [2.05, 4.69) is 32.1 Å². The molecule has 1 aromatic heterocycles. The van der Waals surface area contributed by atoms with Crippen molar-refractivity contribution in [1.82, 2.24) is 9.88 Å². The number of nitrogens with two attached hydrogens (primary N) is 2. The number of ether oxygens (including phenoxy) is 1. The zero-order valence-corrected chi connectivity index (χ0v) is 26.8. The normalized spacial score (nSPS) is 16.2.